The smallest absolute Gasteiger partial charge is 0.326 e. The second kappa shape index (κ2) is 8.14. The Morgan fingerprint density at radius 1 is 1.35 bits per heavy atom. The van der Waals surface area contributed by atoms with Gasteiger partial charge in [-0.3, -0.25) is 4.79 Å². The topological polar surface area (TPSA) is 66.4 Å². The summed E-state index contributed by atoms with van der Waals surface area (Å²) in [5.41, 5.74) is -0.761. The highest BCUT2D eigenvalue weighted by molar-refractivity contribution is 5.85. The predicted octanol–water partition coefficient (Wildman–Crippen LogP) is 3.26. The Kier molecular flexibility index (Phi) is 2.09. The summed E-state index contributed by atoms with van der Waals surface area (Å²) >= 11 is 0. The highest BCUT2D eigenvalue weighted by atomic mass is 16.4. The van der Waals surface area contributed by atoms with E-state index in [0.29, 0.717) is 0 Å². The fourth-order valence-electron chi connectivity index (χ4n) is 1.64. The van der Waals surface area contributed by atoms with E-state index >= 15 is 0 Å². The van der Waals surface area contributed by atoms with Gasteiger partial charge in [-0.1, -0.05) is 44.1 Å². The van der Waals surface area contributed by atoms with Crippen LogP contribution in [-0.2, 0) is 16.0 Å². The lowest BCUT2D eigenvalue weighted by molar-refractivity contribution is -0.142. The van der Waals surface area contributed by atoms with Gasteiger partial charge in [0.1, 0.15) is 6.02 Å². The molecule has 1 aromatic rings. The van der Waals surface area contributed by atoms with Gasteiger partial charge >= 0.3 is 5.97 Å². The fourth-order valence-corrected chi connectivity index (χ4v) is 1.64. The first-order valence-corrected chi connectivity index (χ1v) is 6.78. The van der Waals surface area contributed by atoms with Crippen molar-refractivity contribution in [3.8, 4) is 0 Å². The van der Waals surface area contributed by atoms with Crippen molar-refractivity contribution in [2.45, 2.75) is 51.8 Å². The molecule has 0 aliphatic heterocycles. The molecule has 0 spiro atoms. The molecule has 2 rings (SSSR count). The Morgan fingerprint density at radius 3 is 2.48 bits per heavy atom. The lowest BCUT2D eigenvalue weighted by Gasteiger charge is -2.30. The van der Waals surface area contributed by atoms with Crippen molar-refractivity contribution in [1.29, 1.82) is 0 Å². The zero-order valence-corrected chi connectivity index (χ0v) is 12.5. The van der Waals surface area contributed by atoms with E-state index in [1.54, 1.807) is 0 Å². The Hall–Kier alpha value is -1.84. The van der Waals surface area contributed by atoms with Crippen molar-refractivity contribution >= 4 is 11.9 Å². The van der Waals surface area contributed by atoms with E-state index in [4.69, 9.17) is 21.9 Å². The molecule has 1 aliphatic carbocycles. The van der Waals surface area contributed by atoms with Crippen molar-refractivity contribution in [1.82, 2.24) is 5.32 Å². The van der Waals surface area contributed by atoms with Gasteiger partial charge in [-0.25, -0.2) is 4.79 Å². The van der Waals surface area contributed by atoms with E-state index < -0.39 is 103 Å². The highest BCUT2D eigenvalue weighted by Crippen LogP contribution is 2.33. The third kappa shape index (κ3) is 5.08. The number of rotatable bonds is 6. The van der Waals surface area contributed by atoms with Crippen molar-refractivity contribution in [2.24, 2.45) is 17.7 Å². The van der Waals surface area contributed by atoms with Gasteiger partial charge in [0.25, 0.3) is 0 Å². The highest BCUT2D eigenvalue weighted by Gasteiger charge is 2.30. The first-order valence-electron chi connectivity index (χ1n) is 14.8. The van der Waals surface area contributed by atoms with E-state index in [9.17, 15) is 14.7 Å². The van der Waals surface area contributed by atoms with Crippen molar-refractivity contribution in [2.75, 3.05) is 0 Å². The van der Waals surface area contributed by atoms with Gasteiger partial charge in [0.2, 0.25) is 5.91 Å². The van der Waals surface area contributed by atoms with E-state index in [1.165, 1.54) is 5.32 Å². The Labute approximate surface area is 160 Å². The molecule has 1 atom stereocenters. The third-order valence-electron chi connectivity index (χ3n) is 2.88. The molecule has 4 nitrogen and oxygen atoms in total. The standard InChI is InChI=1S/C19H27NO3/c1-13(2)15-8-10-16(11-9-15)18(21)20-17(19(22)23)12-14-6-4-3-5-7-14/h3-7,13,15-17H,8-12H2,1-2H3,(H,20,21)(H,22,23)/t15?,16?,17-/m0/s1/i3D,4D,5D,6D,7D,8D2,9D2,10D2,11D2,15D,16D,17D. The summed E-state index contributed by atoms with van der Waals surface area (Å²) in [6, 6.07) is -7.92. The minimum atomic E-state index is -4.13. The summed E-state index contributed by atoms with van der Waals surface area (Å²) < 4.78 is 131. The maximum atomic E-state index is 13.4. The van der Waals surface area contributed by atoms with Crippen LogP contribution in [0.1, 0.15) is 66.8 Å². The Balaban J connectivity index is 2.78. The van der Waals surface area contributed by atoms with E-state index in [-0.39, 0.29) is 0 Å². The largest absolute Gasteiger partial charge is 0.480 e. The number of hydrogen-bond donors (Lipinski definition) is 2. The summed E-state index contributed by atoms with van der Waals surface area (Å²) in [4.78, 5) is 25.5. The van der Waals surface area contributed by atoms with Crippen LogP contribution in [0, 0.1) is 17.7 Å². The molecule has 1 saturated carbocycles. The molecule has 1 aliphatic rings. The quantitative estimate of drug-likeness (QED) is 0.840. The van der Waals surface area contributed by atoms with Gasteiger partial charge in [0, 0.05) is 26.0 Å². The lowest BCUT2D eigenvalue weighted by Crippen LogP contribution is -2.45. The summed E-state index contributed by atoms with van der Waals surface area (Å²) in [6.45, 7) is 2.26. The van der Waals surface area contributed by atoms with Gasteiger partial charge in [-0.05, 0) is 42.9 Å². The number of amides is 1. The molecule has 0 bridgehead atoms. The molecule has 1 aromatic carbocycles. The summed E-state index contributed by atoms with van der Waals surface area (Å²) in [7, 11) is 0. The third-order valence-corrected chi connectivity index (χ3v) is 2.88. The van der Waals surface area contributed by atoms with E-state index in [2.05, 4.69) is 0 Å². The minimum Gasteiger partial charge on any atom is -0.480 e. The fraction of sp³-hybridized carbons (Fsp3) is 0.579. The summed E-state index contributed by atoms with van der Waals surface area (Å²) in [5.74, 6) is -13.2. The van der Waals surface area contributed by atoms with Crippen LogP contribution in [0.2, 0.25) is 0 Å². The predicted molar refractivity (Wildman–Crippen MR) is 90.0 cm³/mol. The molecule has 0 saturated heterocycles. The van der Waals surface area contributed by atoms with Crippen LogP contribution in [0.25, 0.3) is 0 Å². The number of carboxylic acids is 1. The summed E-state index contributed by atoms with van der Waals surface area (Å²) in [5, 5.41) is 11.2. The Morgan fingerprint density at radius 2 is 1.96 bits per heavy atom. The number of aliphatic carboxylic acids is 1. The molecular weight excluding hydrogens is 290 g/mol. The second-order valence-corrected chi connectivity index (χ2v) is 4.96. The molecule has 2 N–H and O–H groups in total. The molecule has 0 unspecified atom stereocenters. The zero-order chi connectivity index (χ0) is 31.1. The molecule has 4 heteroatoms. The zero-order valence-electron chi connectivity index (χ0n) is 28.5. The summed E-state index contributed by atoms with van der Waals surface area (Å²) in [6.07, 6.45) is -16.8. The first kappa shape index (κ1) is 5.91. The van der Waals surface area contributed by atoms with Crippen LogP contribution in [0.3, 0.4) is 0 Å². The Bertz CT molecular complexity index is 1160. The molecule has 23 heavy (non-hydrogen) atoms. The monoisotopic (exact) mass is 333 g/mol. The number of nitrogens with one attached hydrogen (secondary N) is 1. The number of carbonyl (C=O) groups is 2. The maximum absolute atomic E-state index is 13.4. The maximum Gasteiger partial charge on any atom is 0.326 e. The van der Waals surface area contributed by atoms with Gasteiger partial charge in [0.15, 0.2) is 0 Å². The van der Waals surface area contributed by atoms with E-state index in [1.807, 2.05) is 0 Å². The first-order chi connectivity index (χ1) is 17.2. The molecular formula is C19H27NO3. The van der Waals surface area contributed by atoms with Crippen molar-refractivity contribution in [3.63, 3.8) is 0 Å². The molecule has 1 fully saturated rings. The number of carboxylic acid groups (broad SMARTS) is 1. The van der Waals surface area contributed by atoms with Crippen LogP contribution in [0.5, 0.6) is 0 Å². The van der Waals surface area contributed by atoms with Crippen LogP contribution in [0.4, 0.5) is 0 Å². The van der Waals surface area contributed by atoms with Gasteiger partial charge in [-0.15, -0.1) is 0 Å². The van der Waals surface area contributed by atoms with Crippen molar-refractivity contribution < 1.29 is 36.6 Å². The average Bonchev–Trinajstić information content (AvgIpc) is 2.81. The van der Waals surface area contributed by atoms with Gasteiger partial charge in [-0.2, -0.15) is 0 Å². The van der Waals surface area contributed by atoms with Crippen LogP contribution in [0.15, 0.2) is 30.2 Å². The molecule has 0 radical (unpaired) electrons. The van der Waals surface area contributed by atoms with E-state index in [0.717, 1.165) is 13.8 Å². The lowest BCUT2D eigenvalue weighted by atomic mass is 9.76. The second-order valence-electron chi connectivity index (χ2n) is 4.96. The molecule has 0 aromatic heterocycles. The van der Waals surface area contributed by atoms with Crippen LogP contribution < -0.4 is 5.32 Å². The number of hydrogen-bond acceptors (Lipinski definition) is 2. The van der Waals surface area contributed by atoms with Crippen LogP contribution in [-0.4, -0.2) is 23.0 Å². The molecule has 126 valence electrons. The van der Waals surface area contributed by atoms with Crippen LogP contribution >= 0.6 is 0 Å². The molecule has 1 amide bonds. The number of benzene rings is 1. The number of carbonyl (C=O) groups excluding carboxylic acids is 1. The SMILES string of the molecule is [2H]c1c([2H])c([2H])c(C[C@]([2H])(NC(=O)C2([2H])C([2H])([2H])C([2H])([2H])C([2H])(C(C)C)C([2H])([2H])C2([2H])[2H])C(=O)O)c([2H])c1[2H]. The molecule has 0 heterocycles. The van der Waals surface area contributed by atoms with Crippen molar-refractivity contribution in [3.05, 3.63) is 35.8 Å². The normalized spacial score (nSPS) is 49.2. The van der Waals surface area contributed by atoms with Gasteiger partial charge < -0.3 is 10.4 Å². The average molecular weight is 334 g/mol. The minimum absolute atomic E-state index is 0.761. The van der Waals surface area contributed by atoms with Gasteiger partial charge in [0.05, 0.1) is 8.22 Å².